The third kappa shape index (κ3) is 7.38. The molecule has 0 saturated carbocycles. The highest BCUT2D eigenvalue weighted by atomic mass is 32.2. The van der Waals surface area contributed by atoms with Crippen molar-refractivity contribution in [1.82, 2.24) is 0 Å². The van der Waals surface area contributed by atoms with Crippen molar-refractivity contribution in [2.75, 3.05) is 19.0 Å². The smallest absolute Gasteiger partial charge is 0.326 e. The van der Waals surface area contributed by atoms with Crippen LogP contribution >= 0.6 is 0 Å². The number of sulfone groups is 1. The summed E-state index contributed by atoms with van der Waals surface area (Å²) in [6.07, 6.45) is -0.331. The molecule has 0 bridgehead atoms. The van der Waals surface area contributed by atoms with E-state index in [0.717, 1.165) is 11.1 Å². The molecule has 1 heterocycles. The first-order valence-corrected chi connectivity index (χ1v) is 13.5. The average Bonchev–Trinajstić information content (AvgIpc) is 3.20. The Hall–Kier alpha value is -2.75. The van der Waals surface area contributed by atoms with Gasteiger partial charge in [-0.1, -0.05) is 60.7 Å². The minimum Gasteiger partial charge on any atom is -0.462 e. The van der Waals surface area contributed by atoms with E-state index in [1.165, 1.54) is 13.8 Å². The fourth-order valence-electron chi connectivity index (χ4n) is 3.74. The summed E-state index contributed by atoms with van der Waals surface area (Å²) in [7, 11) is -4.12. The van der Waals surface area contributed by atoms with E-state index in [2.05, 4.69) is 0 Å². The molecule has 196 valence electrons. The van der Waals surface area contributed by atoms with Gasteiger partial charge in [0.1, 0.15) is 19.3 Å². The zero-order valence-corrected chi connectivity index (χ0v) is 22.0. The topological polar surface area (TPSA) is 105 Å². The van der Waals surface area contributed by atoms with Gasteiger partial charge in [-0.25, -0.2) is 8.42 Å². The van der Waals surface area contributed by atoms with Crippen LogP contribution in [0.1, 0.15) is 38.8 Å². The molecular weight excluding hydrogens is 484 g/mol. The number of carbonyl (C=O) groups is 2. The van der Waals surface area contributed by atoms with Crippen LogP contribution in [0.25, 0.3) is 0 Å². The lowest BCUT2D eigenvalue weighted by atomic mass is 10.0. The molecule has 0 N–H and O–H groups in total. The summed E-state index contributed by atoms with van der Waals surface area (Å²) < 4.78 is 46.8. The lowest BCUT2D eigenvalue weighted by molar-refractivity contribution is -0.159. The highest BCUT2D eigenvalue weighted by Crippen LogP contribution is 2.26. The molecule has 1 aliphatic rings. The minimum absolute atomic E-state index is 0.0241. The Morgan fingerprint density at radius 1 is 1.00 bits per heavy atom. The zero-order chi connectivity index (χ0) is 26.4. The largest absolute Gasteiger partial charge is 0.462 e. The van der Waals surface area contributed by atoms with Crippen molar-refractivity contribution in [2.24, 2.45) is 5.92 Å². The quantitative estimate of drug-likeness (QED) is 0.417. The van der Waals surface area contributed by atoms with E-state index in [9.17, 15) is 18.0 Å². The minimum atomic E-state index is -4.12. The van der Waals surface area contributed by atoms with Crippen LogP contribution < -0.4 is 0 Å². The monoisotopic (exact) mass is 518 g/mol. The average molecular weight is 519 g/mol. The van der Waals surface area contributed by atoms with Crippen molar-refractivity contribution in [3.8, 4) is 0 Å². The highest BCUT2D eigenvalue weighted by molar-refractivity contribution is 7.93. The second-order valence-corrected chi connectivity index (χ2v) is 12.4. The van der Waals surface area contributed by atoms with Gasteiger partial charge in [0.25, 0.3) is 0 Å². The second-order valence-electron chi connectivity index (χ2n) is 9.82. The van der Waals surface area contributed by atoms with E-state index in [1.54, 1.807) is 13.8 Å². The van der Waals surface area contributed by atoms with Gasteiger partial charge in [-0.05, 0) is 45.2 Å². The van der Waals surface area contributed by atoms with Crippen LogP contribution in [0.4, 0.5) is 0 Å². The van der Waals surface area contributed by atoms with Crippen molar-refractivity contribution in [3.05, 3.63) is 71.8 Å². The van der Waals surface area contributed by atoms with Gasteiger partial charge in [0, 0.05) is 0 Å². The standard InChI is InChI=1S/C27H34O8S/c1-26(2,25(29)33-17-23-18-34-27(3,4)35-23)36(30,31)19-22(15-20-11-7-5-8-12-20)24(28)32-16-21-13-9-6-10-14-21/h5-14,22-23H,15-19H2,1-4H3. The van der Waals surface area contributed by atoms with Gasteiger partial charge in [0.2, 0.25) is 0 Å². The molecule has 8 nitrogen and oxygen atoms in total. The molecule has 2 atom stereocenters. The number of hydrogen-bond donors (Lipinski definition) is 0. The van der Waals surface area contributed by atoms with Crippen LogP contribution in [0, 0.1) is 5.92 Å². The van der Waals surface area contributed by atoms with Gasteiger partial charge in [-0.3, -0.25) is 9.59 Å². The maximum absolute atomic E-state index is 13.4. The van der Waals surface area contributed by atoms with Crippen LogP contribution in [0.2, 0.25) is 0 Å². The van der Waals surface area contributed by atoms with Crippen LogP contribution in [-0.2, 0) is 51.4 Å². The fraction of sp³-hybridized carbons (Fsp3) is 0.481. The van der Waals surface area contributed by atoms with Gasteiger partial charge >= 0.3 is 11.9 Å². The molecule has 2 aromatic carbocycles. The molecule has 2 unspecified atom stereocenters. The van der Waals surface area contributed by atoms with Gasteiger partial charge < -0.3 is 18.9 Å². The number of rotatable bonds is 11. The van der Waals surface area contributed by atoms with E-state index >= 15 is 0 Å². The van der Waals surface area contributed by atoms with E-state index in [1.807, 2.05) is 60.7 Å². The first-order chi connectivity index (χ1) is 16.9. The van der Waals surface area contributed by atoms with E-state index < -0.39 is 50.1 Å². The summed E-state index contributed by atoms with van der Waals surface area (Å²) >= 11 is 0. The molecule has 2 aromatic rings. The lowest BCUT2D eigenvalue weighted by Crippen LogP contribution is -2.46. The van der Waals surface area contributed by atoms with Crippen LogP contribution in [0.5, 0.6) is 0 Å². The van der Waals surface area contributed by atoms with Crippen molar-refractivity contribution in [2.45, 2.75) is 57.4 Å². The molecule has 3 rings (SSSR count). The Morgan fingerprint density at radius 3 is 2.14 bits per heavy atom. The zero-order valence-electron chi connectivity index (χ0n) is 21.1. The molecule has 1 saturated heterocycles. The lowest BCUT2D eigenvalue weighted by Gasteiger charge is -2.26. The molecule has 0 radical (unpaired) electrons. The van der Waals surface area contributed by atoms with Gasteiger partial charge in [0.05, 0.1) is 18.3 Å². The Balaban J connectivity index is 1.70. The molecule has 9 heteroatoms. The van der Waals surface area contributed by atoms with Gasteiger partial charge in [0.15, 0.2) is 20.4 Å². The molecule has 1 fully saturated rings. The van der Waals surface area contributed by atoms with Crippen LogP contribution in [0.3, 0.4) is 0 Å². The van der Waals surface area contributed by atoms with Crippen molar-refractivity contribution in [1.29, 1.82) is 0 Å². The molecule has 0 amide bonds. The molecule has 0 aromatic heterocycles. The molecule has 36 heavy (non-hydrogen) atoms. The summed E-state index contributed by atoms with van der Waals surface area (Å²) in [5, 5.41) is 0. The summed E-state index contributed by atoms with van der Waals surface area (Å²) in [5.41, 5.74) is 1.58. The normalized spacial score (nSPS) is 18.4. The molecule has 0 aliphatic carbocycles. The third-order valence-corrected chi connectivity index (χ3v) is 8.60. The summed E-state index contributed by atoms with van der Waals surface area (Å²) in [5.74, 6) is -3.90. The second kappa shape index (κ2) is 11.5. The van der Waals surface area contributed by atoms with Crippen LogP contribution in [-0.4, -0.2) is 56.0 Å². The SMILES string of the molecule is CC1(C)OCC(COC(=O)C(C)(C)S(=O)(=O)CC(Cc2ccccc2)C(=O)OCc2ccccc2)O1. The maximum Gasteiger partial charge on any atom is 0.326 e. The highest BCUT2D eigenvalue weighted by Gasteiger charge is 2.46. The van der Waals surface area contributed by atoms with Crippen LogP contribution in [0.15, 0.2) is 60.7 Å². The third-order valence-electron chi connectivity index (χ3n) is 6.04. The van der Waals surface area contributed by atoms with E-state index in [0.29, 0.717) is 0 Å². The number of ether oxygens (including phenoxy) is 4. The van der Waals surface area contributed by atoms with E-state index in [4.69, 9.17) is 18.9 Å². The molecule has 0 spiro atoms. The van der Waals surface area contributed by atoms with Crippen molar-refractivity contribution >= 4 is 21.8 Å². The molecular formula is C27H34O8S. The Morgan fingerprint density at radius 2 is 1.58 bits per heavy atom. The summed E-state index contributed by atoms with van der Waals surface area (Å²) in [6, 6.07) is 18.2. The predicted molar refractivity (Wildman–Crippen MR) is 134 cm³/mol. The Kier molecular flexibility index (Phi) is 8.92. The summed E-state index contributed by atoms with van der Waals surface area (Å²) in [4.78, 5) is 25.9. The van der Waals surface area contributed by atoms with Crippen molar-refractivity contribution < 1.29 is 37.0 Å². The molecule has 1 aliphatic heterocycles. The fourth-order valence-corrected chi connectivity index (χ4v) is 5.26. The van der Waals surface area contributed by atoms with Crippen molar-refractivity contribution in [3.63, 3.8) is 0 Å². The first kappa shape index (κ1) is 27.8. The first-order valence-electron chi connectivity index (χ1n) is 11.9. The predicted octanol–water partition coefficient (Wildman–Crippen LogP) is 3.48. The van der Waals surface area contributed by atoms with Gasteiger partial charge in [-0.15, -0.1) is 0 Å². The maximum atomic E-state index is 13.4. The number of hydrogen-bond acceptors (Lipinski definition) is 8. The van der Waals surface area contributed by atoms with Gasteiger partial charge in [-0.2, -0.15) is 0 Å². The number of carbonyl (C=O) groups excluding carboxylic acids is 2. The number of benzene rings is 2. The Bertz CT molecular complexity index is 1130. The summed E-state index contributed by atoms with van der Waals surface area (Å²) in [6.45, 7) is 6.19. The van der Waals surface area contributed by atoms with E-state index in [-0.39, 0.29) is 26.2 Å². The number of esters is 2. The Labute approximate surface area is 212 Å².